The van der Waals surface area contributed by atoms with Crippen molar-refractivity contribution in [3.63, 3.8) is 0 Å². The van der Waals surface area contributed by atoms with Crippen LogP contribution in [0.1, 0.15) is 5.82 Å². The zero-order chi connectivity index (χ0) is 16.4. The van der Waals surface area contributed by atoms with Crippen molar-refractivity contribution in [2.45, 2.75) is 0 Å². The minimum Gasteiger partial charge on any atom is -0.454 e. The third-order valence-corrected chi connectivity index (χ3v) is 3.25. The molecule has 0 amide bonds. The molecular formula is C17H11F2N3O. The molecule has 4 nitrogen and oxygen atoms in total. The van der Waals surface area contributed by atoms with Gasteiger partial charge in [-0.25, -0.2) is 13.8 Å². The van der Waals surface area contributed by atoms with Crippen LogP contribution in [-0.4, -0.2) is 9.55 Å². The van der Waals surface area contributed by atoms with Crippen LogP contribution in [0, 0.1) is 23.0 Å². The first-order valence-electron chi connectivity index (χ1n) is 6.73. The Bertz CT molecular complexity index is 895. The van der Waals surface area contributed by atoms with Crippen molar-refractivity contribution in [2.24, 2.45) is 7.05 Å². The van der Waals surface area contributed by atoms with Crippen molar-refractivity contribution in [1.82, 2.24) is 9.55 Å². The van der Waals surface area contributed by atoms with E-state index in [4.69, 9.17) is 10.00 Å². The van der Waals surface area contributed by atoms with E-state index in [1.165, 1.54) is 6.07 Å². The van der Waals surface area contributed by atoms with Crippen LogP contribution in [0.2, 0.25) is 0 Å². The molecule has 23 heavy (non-hydrogen) atoms. The maximum Gasteiger partial charge on any atom is 0.213 e. The summed E-state index contributed by atoms with van der Waals surface area (Å²) in [7, 11) is 1.74. The lowest BCUT2D eigenvalue weighted by molar-refractivity contribution is 0.438. The van der Waals surface area contributed by atoms with Crippen molar-refractivity contribution in [3.05, 3.63) is 66.1 Å². The molecule has 0 bridgehead atoms. The summed E-state index contributed by atoms with van der Waals surface area (Å²) in [5, 5.41) is 8.92. The second-order valence-electron chi connectivity index (χ2n) is 4.87. The summed E-state index contributed by atoms with van der Waals surface area (Å²) in [4.78, 5) is 4.20. The molecule has 1 aromatic heterocycles. The van der Waals surface area contributed by atoms with Crippen molar-refractivity contribution in [3.8, 4) is 28.8 Å². The number of nitrogens with zero attached hydrogens (tertiary/aromatic N) is 3. The van der Waals surface area contributed by atoms with Gasteiger partial charge in [0.15, 0.2) is 11.6 Å². The zero-order valence-corrected chi connectivity index (χ0v) is 12.1. The summed E-state index contributed by atoms with van der Waals surface area (Å²) in [6.45, 7) is 0. The number of aryl methyl sites for hydroxylation is 1. The van der Waals surface area contributed by atoms with Gasteiger partial charge < -0.3 is 9.30 Å². The highest BCUT2D eigenvalue weighted by molar-refractivity contribution is 5.60. The molecule has 0 aliphatic carbocycles. The van der Waals surface area contributed by atoms with Gasteiger partial charge in [-0.3, -0.25) is 0 Å². The van der Waals surface area contributed by atoms with Gasteiger partial charge in [0.1, 0.15) is 17.6 Å². The Labute approximate surface area is 131 Å². The second kappa shape index (κ2) is 5.89. The van der Waals surface area contributed by atoms with Crippen LogP contribution in [0.25, 0.3) is 11.3 Å². The van der Waals surface area contributed by atoms with Gasteiger partial charge in [-0.15, -0.1) is 0 Å². The normalized spacial score (nSPS) is 10.3. The van der Waals surface area contributed by atoms with E-state index in [1.54, 1.807) is 42.1 Å². The Kier molecular flexibility index (Phi) is 3.77. The van der Waals surface area contributed by atoms with Crippen LogP contribution in [0.15, 0.2) is 48.7 Å². The molecule has 0 saturated heterocycles. The minimum absolute atomic E-state index is 0.0521. The predicted molar refractivity (Wildman–Crippen MR) is 79.8 cm³/mol. The molecule has 0 fully saturated rings. The van der Waals surface area contributed by atoms with Crippen molar-refractivity contribution in [2.75, 3.05) is 0 Å². The van der Waals surface area contributed by atoms with Gasteiger partial charge >= 0.3 is 0 Å². The molecule has 3 rings (SSSR count). The van der Waals surface area contributed by atoms with Crippen molar-refractivity contribution in [1.29, 1.82) is 5.26 Å². The summed E-state index contributed by atoms with van der Waals surface area (Å²) in [6, 6.07) is 11.9. The molecular weight excluding hydrogens is 300 g/mol. The number of hydrogen-bond donors (Lipinski definition) is 0. The molecule has 1 heterocycles. The third kappa shape index (κ3) is 3.04. The van der Waals surface area contributed by atoms with Crippen LogP contribution >= 0.6 is 0 Å². The molecule has 3 aromatic rings. The first-order chi connectivity index (χ1) is 11.1. The molecule has 6 heteroatoms. The van der Waals surface area contributed by atoms with Gasteiger partial charge in [-0.1, -0.05) is 0 Å². The van der Waals surface area contributed by atoms with E-state index in [1.807, 2.05) is 6.07 Å². The van der Waals surface area contributed by atoms with Crippen LogP contribution < -0.4 is 4.74 Å². The number of rotatable bonds is 3. The van der Waals surface area contributed by atoms with Gasteiger partial charge in [-0.2, -0.15) is 5.26 Å². The Balaban J connectivity index is 1.83. The summed E-state index contributed by atoms with van der Waals surface area (Å²) in [5.41, 5.74) is 1.46. The number of ether oxygens (including phenoxy) is 1. The second-order valence-corrected chi connectivity index (χ2v) is 4.87. The van der Waals surface area contributed by atoms with Crippen LogP contribution in [0.3, 0.4) is 0 Å². The Morgan fingerprint density at radius 3 is 2.48 bits per heavy atom. The zero-order valence-electron chi connectivity index (χ0n) is 12.1. The van der Waals surface area contributed by atoms with Crippen LogP contribution in [0.4, 0.5) is 8.78 Å². The maximum atomic E-state index is 13.6. The SMILES string of the molecule is Cn1cc(-c2ccc(Oc3ccc(F)cc3F)cc2)nc1C#N. The van der Waals surface area contributed by atoms with Gasteiger partial charge in [0.25, 0.3) is 0 Å². The number of aromatic nitrogens is 2. The average molecular weight is 311 g/mol. The first kappa shape index (κ1) is 14.7. The van der Waals surface area contributed by atoms with Crippen LogP contribution in [0.5, 0.6) is 11.5 Å². The topological polar surface area (TPSA) is 50.8 Å². The molecule has 0 spiro atoms. The van der Waals surface area contributed by atoms with E-state index < -0.39 is 11.6 Å². The fourth-order valence-corrected chi connectivity index (χ4v) is 2.09. The summed E-state index contributed by atoms with van der Waals surface area (Å²) >= 11 is 0. The molecule has 0 saturated carbocycles. The van der Waals surface area contributed by atoms with Crippen molar-refractivity contribution >= 4 is 0 Å². The molecule has 0 radical (unpaired) electrons. The van der Waals surface area contributed by atoms with Gasteiger partial charge in [-0.05, 0) is 36.4 Å². The number of halogens is 2. The lowest BCUT2D eigenvalue weighted by Gasteiger charge is -2.07. The van der Waals surface area contributed by atoms with E-state index in [-0.39, 0.29) is 5.75 Å². The van der Waals surface area contributed by atoms with Crippen molar-refractivity contribution < 1.29 is 13.5 Å². The third-order valence-electron chi connectivity index (χ3n) is 3.25. The fraction of sp³-hybridized carbons (Fsp3) is 0.0588. The highest BCUT2D eigenvalue weighted by Crippen LogP contribution is 2.27. The lowest BCUT2D eigenvalue weighted by Crippen LogP contribution is -1.89. The van der Waals surface area contributed by atoms with Gasteiger partial charge in [0.2, 0.25) is 5.82 Å². The standard InChI is InChI=1S/C17H11F2N3O/c1-22-10-15(21-17(22)9-20)11-2-5-13(6-3-11)23-16-7-4-12(18)8-14(16)19/h2-8,10H,1H3. The lowest BCUT2D eigenvalue weighted by atomic mass is 10.1. The Morgan fingerprint density at radius 1 is 1.13 bits per heavy atom. The average Bonchev–Trinajstić information content (AvgIpc) is 2.92. The number of benzene rings is 2. The quantitative estimate of drug-likeness (QED) is 0.734. The fourth-order valence-electron chi connectivity index (χ4n) is 2.09. The first-order valence-corrected chi connectivity index (χ1v) is 6.73. The number of hydrogen-bond acceptors (Lipinski definition) is 3. The molecule has 0 aliphatic rings. The number of nitriles is 1. The van der Waals surface area contributed by atoms with E-state index in [2.05, 4.69) is 4.98 Å². The Morgan fingerprint density at radius 2 is 1.87 bits per heavy atom. The molecule has 0 aliphatic heterocycles. The minimum atomic E-state index is -0.766. The highest BCUT2D eigenvalue weighted by Gasteiger charge is 2.09. The summed E-state index contributed by atoms with van der Waals surface area (Å²) < 4.78 is 33.4. The summed E-state index contributed by atoms with van der Waals surface area (Å²) in [5.74, 6) is -0.751. The monoisotopic (exact) mass is 311 g/mol. The largest absolute Gasteiger partial charge is 0.454 e. The summed E-state index contributed by atoms with van der Waals surface area (Å²) in [6.07, 6.45) is 1.74. The van der Waals surface area contributed by atoms with E-state index in [9.17, 15) is 8.78 Å². The molecule has 0 atom stereocenters. The van der Waals surface area contributed by atoms with E-state index in [0.717, 1.165) is 17.7 Å². The molecule has 0 N–H and O–H groups in total. The van der Waals surface area contributed by atoms with Gasteiger partial charge in [0, 0.05) is 24.9 Å². The van der Waals surface area contributed by atoms with Crippen LogP contribution in [-0.2, 0) is 7.05 Å². The predicted octanol–water partition coefficient (Wildman–Crippen LogP) is 4.03. The smallest absolute Gasteiger partial charge is 0.213 e. The molecule has 0 unspecified atom stereocenters. The van der Waals surface area contributed by atoms with E-state index in [0.29, 0.717) is 17.3 Å². The number of imidazole rings is 1. The highest BCUT2D eigenvalue weighted by atomic mass is 19.1. The molecule has 2 aromatic carbocycles. The molecule has 114 valence electrons. The van der Waals surface area contributed by atoms with Gasteiger partial charge in [0.05, 0.1) is 5.69 Å². The van der Waals surface area contributed by atoms with E-state index >= 15 is 0 Å². The maximum absolute atomic E-state index is 13.6. The Hall–Kier alpha value is -3.20.